The SMILES string of the molecule is CC(C)CN1C(=O)NC(=N)C12CCC(C(C)(C)C)CC2. The monoisotopic (exact) mass is 279 g/mol. The predicted octanol–water partition coefficient (Wildman–Crippen LogP) is 3.62. The molecule has 114 valence electrons. The van der Waals surface area contributed by atoms with Crippen LogP contribution in [0.4, 0.5) is 4.79 Å². The van der Waals surface area contributed by atoms with E-state index in [1.165, 1.54) is 0 Å². The molecule has 0 radical (unpaired) electrons. The molecule has 0 aromatic rings. The molecular formula is C16H29N3O. The fourth-order valence-electron chi connectivity index (χ4n) is 3.72. The van der Waals surface area contributed by atoms with E-state index < -0.39 is 0 Å². The molecule has 1 heterocycles. The molecule has 2 fully saturated rings. The minimum atomic E-state index is -0.344. The molecule has 0 unspecified atom stereocenters. The van der Waals surface area contributed by atoms with E-state index in [0.717, 1.165) is 32.2 Å². The van der Waals surface area contributed by atoms with E-state index in [-0.39, 0.29) is 11.6 Å². The Balaban J connectivity index is 2.17. The van der Waals surface area contributed by atoms with Crippen molar-refractivity contribution in [2.45, 2.75) is 65.8 Å². The summed E-state index contributed by atoms with van der Waals surface area (Å²) in [6.07, 6.45) is 4.07. The Hall–Kier alpha value is -1.06. The van der Waals surface area contributed by atoms with Gasteiger partial charge in [0.25, 0.3) is 0 Å². The lowest BCUT2D eigenvalue weighted by Crippen LogP contribution is -2.53. The molecule has 0 bridgehead atoms. The maximum atomic E-state index is 12.1. The number of nitrogens with zero attached hydrogens (tertiary/aromatic N) is 1. The quantitative estimate of drug-likeness (QED) is 0.797. The van der Waals surface area contributed by atoms with Crippen LogP contribution >= 0.6 is 0 Å². The second-order valence-electron chi connectivity index (χ2n) is 7.98. The molecule has 2 rings (SSSR count). The predicted molar refractivity (Wildman–Crippen MR) is 81.9 cm³/mol. The normalized spacial score (nSPS) is 31.3. The first-order valence-electron chi connectivity index (χ1n) is 7.84. The molecule has 1 aliphatic heterocycles. The van der Waals surface area contributed by atoms with E-state index in [0.29, 0.717) is 23.1 Å². The van der Waals surface area contributed by atoms with E-state index in [2.05, 4.69) is 39.9 Å². The fourth-order valence-corrected chi connectivity index (χ4v) is 3.72. The molecular weight excluding hydrogens is 250 g/mol. The van der Waals surface area contributed by atoms with Gasteiger partial charge in [-0.25, -0.2) is 4.79 Å². The van der Waals surface area contributed by atoms with Crippen LogP contribution in [-0.4, -0.2) is 28.9 Å². The minimum absolute atomic E-state index is 0.0714. The van der Waals surface area contributed by atoms with Crippen molar-refractivity contribution in [2.75, 3.05) is 6.54 Å². The molecule has 0 atom stereocenters. The third kappa shape index (κ3) is 2.57. The lowest BCUT2D eigenvalue weighted by molar-refractivity contribution is 0.0855. The molecule has 0 aromatic carbocycles. The largest absolute Gasteiger partial charge is 0.323 e. The van der Waals surface area contributed by atoms with Crippen molar-refractivity contribution in [2.24, 2.45) is 17.3 Å². The van der Waals surface area contributed by atoms with Crippen molar-refractivity contribution in [1.82, 2.24) is 10.2 Å². The van der Waals surface area contributed by atoms with Gasteiger partial charge in [0.15, 0.2) is 0 Å². The Morgan fingerprint density at radius 3 is 2.35 bits per heavy atom. The zero-order valence-electron chi connectivity index (χ0n) is 13.5. The summed E-state index contributed by atoms with van der Waals surface area (Å²) in [5.41, 5.74) is -0.0220. The number of carbonyl (C=O) groups excluding carboxylic acids is 1. The van der Waals surface area contributed by atoms with E-state index in [4.69, 9.17) is 5.41 Å². The maximum Gasteiger partial charge on any atom is 0.323 e. The number of carbonyl (C=O) groups is 1. The van der Waals surface area contributed by atoms with Gasteiger partial charge in [0.05, 0.1) is 0 Å². The minimum Gasteiger partial charge on any atom is -0.311 e. The number of amides is 2. The van der Waals surface area contributed by atoms with Crippen LogP contribution in [0.5, 0.6) is 0 Å². The van der Waals surface area contributed by atoms with Crippen LogP contribution in [0.3, 0.4) is 0 Å². The van der Waals surface area contributed by atoms with Crippen molar-refractivity contribution in [3.63, 3.8) is 0 Å². The first-order valence-corrected chi connectivity index (χ1v) is 7.84. The number of rotatable bonds is 2. The van der Waals surface area contributed by atoms with Gasteiger partial charge in [-0.15, -0.1) is 0 Å². The van der Waals surface area contributed by atoms with Gasteiger partial charge in [0.2, 0.25) is 0 Å². The van der Waals surface area contributed by atoms with Crippen LogP contribution in [0, 0.1) is 22.7 Å². The molecule has 2 amide bonds. The highest BCUT2D eigenvalue weighted by atomic mass is 16.2. The van der Waals surface area contributed by atoms with Crippen LogP contribution in [0.25, 0.3) is 0 Å². The van der Waals surface area contributed by atoms with E-state index in [1.807, 2.05) is 4.90 Å². The molecule has 1 spiro atoms. The summed E-state index contributed by atoms with van der Waals surface area (Å²) in [6.45, 7) is 11.9. The number of hydrogen-bond donors (Lipinski definition) is 2. The number of urea groups is 1. The van der Waals surface area contributed by atoms with Crippen LogP contribution < -0.4 is 5.32 Å². The highest BCUT2D eigenvalue weighted by molar-refractivity contribution is 6.08. The molecule has 20 heavy (non-hydrogen) atoms. The Bertz CT molecular complexity index is 400. The van der Waals surface area contributed by atoms with Gasteiger partial charge in [-0.3, -0.25) is 10.7 Å². The van der Waals surface area contributed by atoms with Crippen LogP contribution in [0.15, 0.2) is 0 Å². The smallest absolute Gasteiger partial charge is 0.311 e. The molecule has 2 N–H and O–H groups in total. The number of hydrogen-bond acceptors (Lipinski definition) is 2. The summed E-state index contributed by atoms with van der Waals surface area (Å²) in [6, 6.07) is -0.0714. The zero-order chi connectivity index (χ0) is 15.1. The summed E-state index contributed by atoms with van der Waals surface area (Å²) >= 11 is 0. The fraction of sp³-hybridized carbons (Fsp3) is 0.875. The lowest BCUT2D eigenvalue weighted by Gasteiger charge is -2.45. The first kappa shape index (κ1) is 15.3. The van der Waals surface area contributed by atoms with Crippen LogP contribution in [-0.2, 0) is 0 Å². The van der Waals surface area contributed by atoms with Gasteiger partial charge in [0.1, 0.15) is 11.4 Å². The highest BCUT2D eigenvalue weighted by Gasteiger charge is 2.52. The molecule has 0 aromatic heterocycles. The van der Waals surface area contributed by atoms with Gasteiger partial charge >= 0.3 is 6.03 Å². The second-order valence-corrected chi connectivity index (χ2v) is 7.98. The first-order chi connectivity index (χ1) is 9.17. The Morgan fingerprint density at radius 2 is 1.90 bits per heavy atom. The summed E-state index contributed by atoms with van der Waals surface area (Å²) in [5.74, 6) is 1.55. The van der Waals surface area contributed by atoms with Crippen molar-refractivity contribution < 1.29 is 4.79 Å². The Morgan fingerprint density at radius 1 is 1.35 bits per heavy atom. The topological polar surface area (TPSA) is 56.2 Å². The second kappa shape index (κ2) is 5.05. The average molecular weight is 279 g/mol. The van der Waals surface area contributed by atoms with Crippen molar-refractivity contribution in [3.05, 3.63) is 0 Å². The standard InChI is InChI=1S/C16H29N3O/c1-11(2)10-19-14(20)18-13(17)16(19)8-6-12(7-9-16)15(3,4)5/h11-12H,6-10H2,1-5H3,(H2,17,18,20). The third-order valence-corrected chi connectivity index (χ3v) is 5.04. The highest BCUT2D eigenvalue weighted by Crippen LogP contribution is 2.45. The zero-order valence-corrected chi connectivity index (χ0v) is 13.5. The summed E-state index contributed by atoms with van der Waals surface area (Å²) in [4.78, 5) is 14.1. The van der Waals surface area contributed by atoms with Gasteiger partial charge < -0.3 is 4.90 Å². The summed E-state index contributed by atoms with van der Waals surface area (Å²) in [7, 11) is 0. The summed E-state index contributed by atoms with van der Waals surface area (Å²) in [5, 5.41) is 11.0. The summed E-state index contributed by atoms with van der Waals surface area (Å²) < 4.78 is 0. The maximum absolute atomic E-state index is 12.1. The van der Waals surface area contributed by atoms with Gasteiger partial charge in [-0.1, -0.05) is 34.6 Å². The molecule has 4 nitrogen and oxygen atoms in total. The molecule has 1 saturated carbocycles. The molecule has 1 saturated heterocycles. The van der Waals surface area contributed by atoms with E-state index in [1.54, 1.807) is 0 Å². The molecule has 4 heteroatoms. The Kier molecular flexibility index (Phi) is 3.87. The van der Waals surface area contributed by atoms with E-state index >= 15 is 0 Å². The van der Waals surface area contributed by atoms with Crippen LogP contribution in [0.2, 0.25) is 0 Å². The van der Waals surface area contributed by atoms with Crippen LogP contribution in [0.1, 0.15) is 60.3 Å². The third-order valence-electron chi connectivity index (χ3n) is 5.04. The van der Waals surface area contributed by atoms with Gasteiger partial charge in [-0.2, -0.15) is 0 Å². The molecule has 1 aliphatic carbocycles. The average Bonchev–Trinajstić information content (AvgIpc) is 2.53. The van der Waals surface area contributed by atoms with E-state index in [9.17, 15) is 4.79 Å². The molecule has 2 aliphatic rings. The van der Waals surface area contributed by atoms with Gasteiger partial charge in [-0.05, 0) is 42.9 Å². The van der Waals surface area contributed by atoms with Crippen molar-refractivity contribution in [1.29, 1.82) is 5.41 Å². The van der Waals surface area contributed by atoms with Crippen molar-refractivity contribution >= 4 is 11.9 Å². The Labute approximate surface area is 122 Å². The number of nitrogens with one attached hydrogen (secondary N) is 2. The van der Waals surface area contributed by atoms with Crippen molar-refractivity contribution in [3.8, 4) is 0 Å². The van der Waals surface area contributed by atoms with Gasteiger partial charge in [0, 0.05) is 6.54 Å². The lowest BCUT2D eigenvalue weighted by atomic mass is 9.66. The number of amidine groups is 1.